The molecule has 0 aliphatic heterocycles. The molecule has 2 aromatic heterocycles. The Morgan fingerprint density at radius 3 is 2.37 bits per heavy atom. The third-order valence-electron chi connectivity index (χ3n) is 7.67. The summed E-state index contributed by atoms with van der Waals surface area (Å²) in [6.07, 6.45) is 3.39. The number of aliphatic hydroxyl groups is 1. The first-order valence-electron chi connectivity index (χ1n) is 13.9. The largest absolute Gasteiger partial charge is 0.374 e. The fourth-order valence-electron chi connectivity index (χ4n) is 5.34. The highest BCUT2D eigenvalue weighted by Crippen LogP contribution is 2.40. The van der Waals surface area contributed by atoms with E-state index in [1.807, 2.05) is 60.1 Å². The van der Waals surface area contributed by atoms with E-state index in [0.717, 1.165) is 53.9 Å². The monoisotopic (exact) mass is 587 g/mol. The Labute approximate surface area is 251 Å². The van der Waals surface area contributed by atoms with Gasteiger partial charge in [0.05, 0.1) is 29.4 Å². The number of fused-ring (bicyclic) bond motifs is 1. The number of hydrogen-bond acceptors (Lipinski definition) is 5. The fourth-order valence-corrected chi connectivity index (χ4v) is 5.66. The van der Waals surface area contributed by atoms with Gasteiger partial charge in [0.1, 0.15) is 0 Å². The molecule has 5 rings (SSSR count). The van der Waals surface area contributed by atoms with Gasteiger partial charge in [-0.1, -0.05) is 67.4 Å². The summed E-state index contributed by atoms with van der Waals surface area (Å²) in [5.41, 5.74) is 4.34. The zero-order chi connectivity index (χ0) is 29.0. The van der Waals surface area contributed by atoms with E-state index in [2.05, 4.69) is 41.2 Å². The number of nitrogens with one attached hydrogen (secondary N) is 1. The lowest BCUT2D eigenvalue weighted by atomic mass is 9.82. The van der Waals surface area contributed by atoms with Crippen LogP contribution in [-0.2, 0) is 19.2 Å². The van der Waals surface area contributed by atoms with E-state index in [1.165, 1.54) is 0 Å². The molecule has 1 atom stereocenters. The topological polar surface area (TPSA) is 66.2 Å². The lowest BCUT2D eigenvalue weighted by Crippen LogP contribution is -2.31. The quantitative estimate of drug-likeness (QED) is 0.169. The highest BCUT2D eigenvalue weighted by Gasteiger charge is 2.37. The molecule has 5 aromatic rings. The second-order valence-corrected chi connectivity index (χ2v) is 11.1. The van der Waals surface area contributed by atoms with Crippen molar-refractivity contribution in [2.75, 3.05) is 26.2 Å². The maximum absolute atomic E-state index is 12.5. The summed E-state index contributed by atoms with van der Waals surface area (Å²) in [6.45, 7) is 8.96. The van der Waals surface area contributed by atoms with Gasteiger partial charge in [0, 0.05) is 42.1 Å². The number of aromatic nitrogens is 3. The van der Waals surface area contributed by atoms with Crippen LogP contribution in [0.1, 0.15) is 36.4 Å². The first kappa shape index (κ1) is 29.2. The molecule has 0 saturated carbocycles. The normalized spacial score (nSPS) is 13.1. The Balaban J connectivity index is 1.62. The second-order valence-electron chi connectivity index (χ2n) is 10.2. The third-order valence-corrected chi connectivity index (χ3v) is 8.16. The van der Waals surface area contributed by atoms with Gasteiger partial charge in [-0.25, -0.2) is 4.98 Å². The summed E-state index contributed by atoms with van der Waals surface area (Å²) in [5, 5.41) is 18.2. The summed E-state index contributed by atoms with van der Waals surface area (Å²) < 4.78 is 1.84. The Kier molecular flexibility index (Phi) is 9.07. The Morgan fingerprint density at radius 1 is 0.927 bits per heavy atom. The van der Waals surface area contributed by atoms with Crippen molar-refractivity contribution >= 4 is 34.1 Å². The third kappa shape index (κ3) is 6.17. The number of rotatable bonds is 11. The maximum Gasteiger partial charge on any atom is 0.156 e. The van der Waals surface area contributed by atoms with Crippen molar-refractivity contribution in [3.05, 3.63) is 118 Å². The molecule has 0 fully saturated rings. The number of likely N-dealkylation sites (N-methyl/N-ethyl adjacent to an activating group) is 1. The summed E-state index contributed by atoms with van der Waals surface area (Å²) in [5.74, 6) is 0. The molecule has 3 aromatic carbocycles. The van der Waals surface area contributed by atoms with Gasteiger partial charge in [-0.2, -0.15) is 0 Å². The van der Waals surface area contributed by atoms with Crippen LogP contribution in [0.3, 0.4) is 0 Å². The smallest absolute Gasteiger partial charge is 0.156 e. The molecule has 212 valence electrons. The number of imidazole rings is 1. The van der Waals surface area contributed by atoms with E-state index >= 15 is 0 Å². The first-order valence-corrected chi connectivity index (χ1v) is 14.7. The molecule has 8 heteroatoms. The number of benzene rings is 3. The van der Waals surface area contributed by atoms with E-state index < -0.39 is 5.60 Å². The van der Waals surface area contributed by atoms with Gasteiger partial charge in [0.2, 0.25) is 0 Å². The van der Waals surface area contributed by atoms with E-state index in [-0.39, 0.29) is 0 Å². The zero-order valence-corrected chi connectivity index (χ0v) is 25.1. The summed E-state index contributed by atoms with van der Waals surface area (Å²) in [7, 11) is 1.88. The van der Waals surface area contributed by atoms with Crippen molar-refractivity contribution in [2.24, 2.45) is 7.05 Å². The number of pyridine rings is 1. The molecule has 2 N–H and O–H groups in total. The van der Waals surface area contributed by atoms with Gasteiger partial charge < -0.3 is 19.9 Å². The molecule has 0 radical (unpaired) electrons. The molecular formula is C33H35Cl2N5O. The molecule has 6 nitrogen and oxygen atoms in total. The summed E-state index contributed by atoms with van der Waals surface area (Å²) >= 11 is 12.6. The minimum absolute atomic E-state index is 0.602. The van der Waals surface area contributed by atoms with Crippen LogP contribution in [0.4, 0.5) is 0 Å². The van der Waals surface area contributed by atoms with Gasteiger partial charge in [-0.15, -0.1) is 0 Å². The van der Waals surface area contributed by atoms with Crippen LogP contribution in [0, 0.1) is 0 Å². The van der Waals surface area contributed by atoms with E-state index in [1.54, 1.807) is 24.7 Å². The van der Waals surface area contributed by atoms with Crippen molar-refractivity contribution in [2.45, 2.75) is 26.0 Å². The van der Waals surface area contributed by atoms with Crippen molar-refractivity contribution in [1.29, 1.82) is 0 Å². The van der Waals surface area contributed by atoms with Crippen LogP contribution in [0.15, 0.2) is 85.3 Å². The Bertz CT molecular complexity index is 1630. The Morgan fingerprint density at radius 2 is 1.68 bits per heavy atom. The maximum atomic E-state index is 12.5. The lowest BCUT2D eigenvalue weighted by Gasteiger charge is -2.30. The summed E-state index contributed by atoms with van der Waals surface area (Å²) in [6, 6.07) is 23.2. The molecule has 41 heavy (non-hydrogen) atoms. The van der Waals surface area contributed by atoms with E-state index in [0.29, 0.717) is 33.4 Å². The molecule has 0 aliphatic rings. The van der Waals surface area contributed by atoms with Crippen molar-refractivity contribution in [3.8, 4) is 11.1 Å². The van der Waals surface area contributed by atoms with Crippen molar-refractivity contribution in [1.82, 2.24) is 24.8 Å². The fraction of sp³-hybridized carbons (Fsp3) is 0.273. The second kappa shape index (κ2) is 12.7. The first-order chi connectivity index (χ1) is 19.8. The van der Waals surface area contributed by atoms with Crippen LogP contribution in [0.2, 0.25) is 10.0 Å². The van der Waals surface area contributed by atoms with Crippen LogP contribution in [0.25, 0.3) is 22.0 Å². The average Bonchev–Trinajstić information content (AvgIpc) is 3.42. The SMILES string of the molecule is CCN(CC)CCNCc1cc(-c2cccc(Cl)c2)c2cc(C(O)(c3ccc(Cl)cc3)c3cncn3C)ccc2n1. The molecule has 0 bridgehead atoms. The van der Waals surface area contributed by atoms with Crippen LogP contribution in [0.5, 0.6) is 0 Å². The number of aryl methyl sites for hydroxylation is 1. The number of nitrogens with zero attached hydrogens (tertiary/aromatic N) is 4. The van der Waals surface area contributed by atoms with Gasteiger partial charge in [-0.05, 0) is 77.8 Å². The number of hydrogen-bond donors (Lipinski definition) is 2. The molecule has 2 heterocycles. The van der Waals surface area contributed by atoms with Crippen molar-refractivity contribution in [3.63, 3.8) is 0 Å². The zero-order valence-electron chi connectivity index (χ0n) is 23.6. The standard InChI is InChI=1S/C33H35Cl2N5O/c1-4-40(5-2)16-15-36-20-28-19-29(23-7-6-8-27(35)17-23)30-18-25(11-14-31(30)38-28)33(41,32-21-37-22-39(32)3)24-9-12-26(34)13-10-24/h6-14,17-19,21-22,36,41H,4-5,15-16,20H2,1-3H3. The highest BCUT2D eigenvalue weighted by molar-refractivity contribution is 6.31. The van der Waals surface area contributed by atoms with Gasteiger partial charge >= 0.3 is 0 Å². The molecule has 0 spiro atoms. The minimum atomic E-state index is -1.47. The van der Waals surface area contributed by atoms with E-state index in [4.69, 9.17) is 28.2 Å². The van der Waals surface area contributed by atoms with Crippen LogP contribution < -0.4 is 5.32 Å². The highest BCUT2D eigenvalue weighted by atomic mass is 35.5. The summed E-state index contributed by atoms with van der Waals surface area (Å²) in [4.78, 5) is 11.7. The average molecular weight is 589 g/mol. The van der Waals surface area contributed by atoms with Gasteiger partial charge in [0.15, 0.2) is 5.60 Å². The van der Waals surface area contributed by atoms with Crippen LogP contribution in [-0.4, -0.2) is 50.7 Å². The predicted molar refractivity (Wildman–Crippen MR) is 168 cm³/mol. The number of halogens is 2. The molecule has 1 unspecified atom stereocenters. The molecular weight excluding hydrogens is 553 g/mol. The van der Waals surface area contributed by atoms with Crippen molar-refractivity contribution < 1.29 is 5.11 Å². The molecule has 0 aliphatic carbocycles. The molecule has 0 amide bonds. The van der Waals surface area contributed by atoms with E-state index in [9.17, 15) is 5.11 Å². The molecule has 0 saturated heterocycles. The lowest BCUT2D eigenvalue weighted by molar-refractivity contribution is 0.117. The van der Waals surface area contributed by atoms with Crippen LogP contribution >= 0.6 is 23.2 Å². The Hall–Kier alpha value is -3.26. The van der Waals surface area contributed by atoms with Gasteiger partial charge in [0.25, 0.3) is 0 Å². The minimum Gasteiger partial charge on any atom is -0.374 e. The predicted octanol–water partition coefficient (Wildman–Crippen LogP) is 6.66. The van der Waals surface area contributed by atoms with Gasteiger partial charge in [-0.3, -0.25) is 4.98 Å².